The average Bonchev–Trinajstić information content (AvgIpc) is 2.39. The maximum atomic E-state index is 6.49. The minimum atomic E-state index is -0.250. The molecular weight excluding hydrogens is 299 g/mol. The normalized spacial score (nSPS) is 12.4. The minimum Gasteiger partial charge on any atom is -0.113 e. The first-order valence-corrected chi connectivity index (χ1v) is 7.49. The molecule has 100 valence electrons. The van der Waals surface area contributed by atoms with Gasteiger partial charge in [0.1, 0.15) is 0 Å². The largest absolute Gasteiger partial charge is 0.113 e. The number of rotatable bonds is 4. The van der Waals surface area contributed by atoms with Crippen molar-refractivity contribution < 1.29 is 0 Å². The fraction of sp³-hybridized carbons (Fsp3) is 0.250. The Balaban J connectivity index is 2.25. The van der Waals surface area contributed by atoms with E-state index in [-0.39, 0.29) is 5.38 Å². The zero-order valence-electron chi connectivity index (χ0n) is 10.7. The predicted molar refractivity (Wildman–Crippen MR) is 84.6 cm³/mol. The summed E-state index contributed by atoms with van der Waals surface area (Å²) < 4.78 is 0. The van der Waals surface area contributed by atoms with Crippen LogP contribution in [0.1, 0.15) is 35.4 Å². The first-order valence-electron chi connectivity index (χ1n) is 6.29. The van der Waals surface area contributed by atoms with E-state index in [4.69, 9.17) is 34.8 Å². The number of halogens is 3. The number of benzene rings is 2. The number of hydrogen-bond donors (Lipinski definition) is 0. The van der Waals surface area contributed by atoms with E-state index in [9.17, 15) is 0 Å². The molecule has 0 amide bonds. The van der Waals surface area contributed by atoms with Gasteiger partial charge in [0.2, 0.25) is 0 Å². The Hall–Kier alpha value is -0.690. The van der Waals surface area contributed by atoms with Crippen LogP contribution in [-0.4, -0.2) is 0 Å². The molecule has 3 heteroatoms. The van der Waals surface area contributed by atoms with Crippen LogP contribution in [0.4, 0.5) is 0 Å². The van der Waals surface area contributed by atoms with Crippen molar-refractivity contribution in [1.82, 2.24) is 0 Å². The zero-order chi connectivity index (χ0) is 13.8. The summed E-state index contributed by atoms with van der Waals surface area (Å²) in [5.41, 5.74) is 3.26. The van der Waals surface area contributed by atoms with Gasteiger partial charge >= 0.3 is 0 Å². The molecule has 0 aliphatic heterocycles. The summed E-state index contributed by atoms with van der Waals surface area (Å²) in [5.74, 6) is 0. The SMILES string of the molecule is CCCc1ccc(C(Cl)c2ccc(Cl)cc2Cl)cc1. The summed E-state index contributed by atoms with van der Waals surface area (Å²) in [6.07, 6.45) is 2.24. The Morgan fingerprint density at radius 3 is 2.26 bits per heavy atom. The molecule has 0 spiro atoms. The Morgan fingerprint density at radius 2 is 1.68 bits per heavy atom. The van der Waals surface area contributed by atoms with Gasteiger partial charge in [0.25, 0.3) is 0 Å². The van der Waals surface area contributed by atoms with Crippen molar-refractivity contribution in [2.75, 3.05) is 0 Å². The van der Waals surface area contributed by atoms with Gasteiger partial charge in [-0.05, 0) is 35.2 Å². The van der Waals surface area contributed by atoms with Gasteiger partial charge in [0.15, 0.2) is 0 Å². The van der Waals surface area contributed by atoms with Crippen LogP contribution >= 0.6 is 34.8 Å². The average molecular weight is 314 g/mol. The number of aryl methyl sites for hydroxylation is 1. The molecule has 2 rings (SSSR count). The highest BCUT2D eigenvalue weighted by Gasteiger charge is 2.14. The van der Waals surface area contributed by atoms with E-state index in [1.807, 2.05) is 12.1 Å². The lowest BCUT2D eigenvalue weighted by atomic mass is 10.0. The van der Waals surface area contributed by atoms with Crippen LogP contribution < -0.4 is 0 Å². The second-order valence-electron chi connectivity index (χ2n) is 4.52. The first kappa shape index (κ1) is 14.7. The third-order valence-electron chi connectivity index (χ3n) is 3.05. The molecular formula is C16H15Cl3. The molecule has 0 aliphatic carbocycles. The van der Waals surface area contributed by atoms with Crippen molar-refractivity contribution in [2.45, 2.75) is 25.1 Å². The van der Waals surface area contributed by atoms with Crippen LogP contribution in [0.25, 0.3) is 0 Å². The lowest BCUT2D eigenvalue weighted by Gasteiger charge is -2.13. The standard InChI is InChI=1S/C16H15Cl3/c1-2-3-11-4-6-12(7-5-11)16(19)14-9-8-13(17)10-15(14)18/h4-10,16H,2-3H2,1H3. The molecule has 0 heterocycles. The molecule has 2 aromatic carbocycles. The Kier molecular flexibility index (Phi) is 5.15. The van der Waals surface area contributed by atoms with Gasteiger partial charge in [-0.3, -0.25) is 0 Å². The molecule has 0 nitrogen and oxygen atoms in total. The van der Waals surface area contributed by atoms with E-state index in [2.05, 4.69) is 31.2 Å². The van der Waals surface area contributed by atoms with E-state index < -0.39 is 0 Å². The van der Waals surface area contributed by atoms with Crippen LogP contribution in [0, 0.1) is 0 Å². The number of hydrogen-bond acceptors (Lipinski definition) is 0. The Bertz CT molecular complexity index is 546. The van der Waals surface area contributed by atoms with E-state index in [0.29, 0.717) is 10.0 Å². The van der Waals surface area contributed by atoms with Crippen molar-refractivity contribution >= 4 is 34.8 Å². The molecule has 0 aromatic heterocycles. The second-order valence-corrected chi connectivity index (χ2v) is 5.80. The molecule has 1 unspecified atom stereocenters. The molecule has 0 aliphatic rings. The summed E-state index contributed by atoms with van der Waals surface area (Å²) in [5, 5.41) is 0.974. The molecule has 0 radical (unpaired) electrons. The Labute approximate surface area is 129 Å². The van der Waals surface area contributed by atoms with Gasteiger partial charge in [-0.25, -0.2) is 0 Å². The molecule has 0 saturated carbocycles. The highest BCUT2D eigenvalue weighted by atomic mass is 35.5. The molecule has 0 N–H and O–H groups in total. The van der Waals surface area contributed by atoms with Gasteiger partial charge in [-0.2, -0.15) is 0 Å². The summed E-state index contributed by atoms with van der Waals surface area (Å²) in [6, 6.07) is 13.8. The summed E-state index contributed by atoms with van der Waals surface area (Å²) in [4.78, 5) is 0. The quantitative estimate of drug-likeness (QED) is 0.583. The van der Waals surface area contributed by atoms with Crippen molar-refractivity contribution in [1.29, 1.82) is 0 Å². The van der Waals surface area contributed by atoms with Gasteiger partial charge in [0, 0.05) is 10.0 Å². The van der Waals surface area contributed by atoms with E-state index in [0.717, 1.165) is 24.0 Å². The van der Waals surface area contributed by atoms with Crippen LogP contribution in [0.3, 0.4) is 0 Å². The smallest absolute Gasteiger partial charge is 0.0849 e. The van der Waals surface area contributed by atoms with Crippen LogP contribution in [0.2, 0.25) is 10.0 Å². The van der Waals surface area contributed by atoms with Gasteiger partial charge < -0.3 is 0 Å². The third kappa shape index (κ3) is 3.66. The van der Waals surface area contributed by atoms with Crippen molar-refractivity contribution in [3.8, 4) is 0 Å². The molecule has 2 aromatic rings. The maximum absolute atomic E-state index is 6.49. The fourth-order valence-electron chi connectivity index (χ4n) is 2.03. The maximum Gasteiger partial charge on any atom is 0.0849 e. The molecule has 0 saturated heterocycles. The summed E-state index contributed by atoms with van der Waals surface area (Å²) >= 11 is 18.6. The van der Waals surface area contributed by atoms with E-state index in [1.165, 1.54) is 5.56 Å². The second kappa shape index (κ2) is 6.65. The van der Waals surface area contributed by atoms with Crippen LogP contribution in [-0.2, 0) is 6.42 Å². The predicted octanol–water partition coefficient (Wildman–Crippen LogP) is 6.27. The summed E-state index contributed by atoms with van der Waals surface area (Å²) in [6.45, 7) is 2.17. The molecule has 0 fully saturated rings. The third-order valence-corrected chi connectivity index (χ3v) is 4.10. The van der Waals surface area contributed by atoms with Crippen molar-refractivity contribution in [3.05, 3.63) is 69.2 Å². The molecule has 0 bridgehead atoms. The van der Waals surface area contributed by atoms with Crippen molar-refractivity contribution in [3.63, 3.8) is 0 Å². The highest BCUT2D eigenvalue weighted by Crippen LogP contribution is 2.35. The zero-order valence-corrected chi connectivity index (χ0v) is 12.9. The minimum absolute atomic E-state index is 0.250. The molecule has 19 heavy (non-hydrogen) atoms. The van der Waals surface area contributed by atoms with Crippen LogP contribution in [0.15, 0.2) is 42.5 Å². The number of alkyl halides is 1. The van der Waals surface area contributed by atoms with E-state index >= 15 is 0 Å². The monoisotopic (exact) mass is 312 g/mol. The topological polar surface area (TPSA) is 0 Å². The Morgan fingerprint density at radius 1 is 1.00 bits per heavy atom. The van der Waals surface area contributed by atoms with Crippen LogP contribution in [0.5, 0.6) is 0 Å². The van der Waals surface area contributed by atoms with Gasteiger partial charge in [-0.1, -0.05) is 66.9 Å². The highest BCUT2D eigenvalue weighted by molar-refractivity contribution is 6.36. The summed E-state index contributed by atoms with van der Waals surface area (Å²) in [7, 11) is 0. The lowest BCUT2D eigenvalue weighted by Crippen LogP contribution is -1.95. The fourth-order valence-corrected chi connectivity index (χ4v) is 2.94. The van der Waals surface area contributed by atoms with E-state index in [1.54, 1.807) is 6.07 Å². The first-order chi connectivity index (χ1) is 9.11. The van der Waals surface area contributed by atoms with Crippen molar-refractivity contribution in [2.24, 2.45) is 0 Å². The van der Waals surface area contributed by atoms with Gasteiger partial charge in [0.05, 0.1) is 5.38 Å². The van der Waals surface area contributed by atoms with Gasteiger partial charge in [-0.15, -0.1) is 11.6 Å². The molecule has 1 atom stereocenters. The lowest BCUT2D eigenvalue weighted by molar-refractivity contribution is 0.920.